The highest BCUT2D eigenvalue weighted by Gasteiger charge is 2.27. The number of para-hydroxylation sites is 2. The molecule has 1 saturated carbocycles. The molecule has 0 atom stereocenters. The van der Waals surface area contributed by atoms with Gasteiger partial charge in [0, 0.05) is 6.04 Å². The van der Waals surface area contributed by atoms with Crippen molar-refractivity contribution < 1.29 is 9.59 Å². The lowest BCUT2D eigenvalue weighted by atomic mass is 10.1. The number of aliphatic imine (C=N–C) groups is 1. The fraction of sp³-hybridized carbons (Fsp3) is 0.318. The Kier molecular flexibility index (Phi) is 5.01. The van der Waals surface area contributed by atoms with Gasteiger partial charge in [0.1, 0.15) is 6.54 Å². The second-order valence-electron chi connectivity index (χ2n) is 7.12. The number of carbonyl (C=O) groups is 2. The first-order chi connectivity index (χ1) is 13.2. The fourth-order valence-corrected chi connectivity index (χ4v) is 3.80. The monoisotopic (exact) mass is 361 g/mol. The molecule has 138 valence electrons. The Bertz CT molecular complexity index is 870. The summed E-state index contributed by atoms with van der Waals surface area (Å²) in [6.45, 7) is 0.0317. The molecule has 2 aromatic carbocycles. The van der Waals surface area contributed by atoms with Crippen molar-refractivity contribution >= 4 is 28.9 Å². The van der Waals surface area contributed by atoms with Crippen LogP contribution in [-0.2, 0) is 9.59 Å². The van der Waals surface area contributed by atoms with Gasteiger partial charge in [-0.25, -0.2) is 0 Å². The number of amides is 2. The maximum atomic E-state index is 13.0. The zero-order valence-corrected chi connectivity index (χ0v) is 15.2. The van der Waals surface area contributed by atoms with Gasteiger partial charge in [-0.2, -0.15) is 0 Å². The van der Waals surface area contributed by atoms with Crippen molar-refractivity contribution in [3.63, 3.8) is 0 Å². The topological polar surface area (TPSA) is 61.8 Å². The zero-order chi connectivity index (χ0) is 18.6. The molecule has 0 radical (unpaired) electrons. The summed E-state index contributed by atoms with van der Waals surface area (Å²) in [6.07, 6.45) is 4.54. The summed E-state index contributed by atoms with van der Waals surface area (Å²) in [4.78, 5) is 31.9. The number of hydrogen-bond donors (Lipinski definition) is 1. The number of hydrogen-bond acceptors (Lipinski definition) is 3. The fourth-order valence-electron chi connectivity index (χ4n) is 3.80. The van der Waals surface area contributed by atoms with E-state index in [1.165, 1.54) is 0 Å². The van der Waals surface area contributed by atoms with Crippen LogP contribution < -0.4 is 10.2 Å². The zero-order valence-electron chi connectivity index (χ0n) is 15.2. The molecule has 0 bridgehead atoms. The molecule has 4 rings (SSSR count). The Morgan fingerprint density at radius 3 is 2.52 bits per heavy atom. The molecule has 1 N–H and O–H groups in total. The van der Waals surface area contributed by atoms with Crippen LogP contribution in [0.15, 0.2) is 59.6 Å². The minimum absolute atomic E-state index is 0.0317. The van der Waals surface area contributed by atoms with Crippen LogP contribution >= 0.6 is 0 Å². The Balaban J connectivity index is 1.60. The molecule has 1 fully saturated rings. The van der Waals surface area contributed by atoms with Crippen LogP contribution in [-0.4, -0.2) is 30.1 Å². The van der Waals surface area contributed by atoms with Crippen molar-refractivity contribution in [1.82, 2.24) is 5.32 Å². The van der Waals surface area contributed by atoms with E-state index in [2.05, 4.69) is 5.32 Å². The van der Waals surface area contributed by atoms with Crippen LogP contribution in [0, 0.1) is 0 Å². The molecule has 1 aliphatic heterocycles. The molecule has 5 nitrogen and oxygen atoms in total. The maximum absolute atomic E-state index is 13.0. The van der Waals surface area contributed by atoms with Gasteiger partial charge in [-0.1, -0.05) is 55.3 Å². The third kappa shape index (κ3) is 3.92. The summed E-state index contributed by atoms with van der Waals surface area (Å²) < 4.78 is 0. The summed E-state index contributed by atoms with van der Waals surface area (Å²) in [7, 11) is 0. The Morgan fingerprint density at radius 1 is 1.04 bits per heavy atom. The van der Waals surface area contributed by atoms with E-state index in [0.29, 0.717) is 5.69 Å². The van der Waals surface area contributed by atoms with Crippen LogP contribution in [0.1, 0.15) is 37.7 Å². The SMILES string of the molecule is O=C(CN1C(=O)CC(c2ccccc2)=Nc2ccccc21)NC1CCCC1. The first-order valence-corrected chi connectivity index (χ1v) is 9.52. The van der Waals surface area contributed by atoms with Gasteiger partial charge >= 0.3 is 0 Å². The molecule has 1 aliphatic carbocycles. The van der Waals surface area contributed by atoms with Crippen LogP contribution in [0.4, 0.5) is 11.4 Å². The van der Waals surface area contributed by atoms with E-state index in [0.717, 1.165) is 42.6 Å². The summed E-state index contributed by atoms with van der Waals surface area (Å²) in [6, 6.07) is 17.5. The predicted molar refractivity (Wildman–Crippen MR) is 106 cm³/mol. The number of carbonyl (C=O) groups excluding carboxylic acids is 2. The van der Waals surface area contributed by atoms with E-state index in [1.807, 2.05) is 54.6 Å². The molecule has 0 saturated heterocycles. The summed E-state index contributed by atoms with van der Waals surface area (Å²) in [5.74, 6) is -0.211. The summed E-state index contributed by atoms with van der Waals surface area (Å²) >= 11 is 0. The van der Waals surface area contributed by atoms with E-state index in [-0.39, 0.29) is 30.8 Å². The lowest BCUT2D eigenvalue weighted by Gasteiger charge is -2.23. The standard InChI is InChI=1S/C22H23N3O2/c26-21(23-17-10-4-5-11-17)15-25-20-13-7-6-12-18(20)24-19(14-22(25)27)16-8-2-1-3-9-16/h1-3,6-9,12-13,17H,4-5,10-11,14-15H2,(H,23,26). The van der Waals surface area contributed by atoms with Gasteiger partial charge in [-0.15, -0.1) is 0 Å². The third-order valence-corrected chi connectivity index (χ3v) is 5.18. The van der Waals surface area contributed by atoms with Gasteiger partial charge in [0.05, 0.1) is 23.5 Å². The molecule has 5 heteroatoms. The molecule has 27 heavy (non-hydrogen) atoms. The van der Waals surface area contributed by atoms with Crippen molar-refractivity contribution in [2.75, 3.05) is 11.4 Å². The molecular weight excluding hydrogens is 338 g/mol. The first kappa shape index (κ1) is 17.5. The Morgan fingerprint density at radius 2 is 1.74 bits per heavy atom. The highest BCUT2D eigenvalue weighted by Crippen LogP contribution is 2.32. The van der Waals surface area contributed by atoms with Crippen LogP contribution in [0.3, 0.4) is 0 Å². The van der Waals surface area contributed by atoms with Gasteiger partial charge in [-0.05, 0) is 30.5 Å². The molecule has 0 aromatic heterocycles. The molecule has 1 heterocycles. The average molecular weight is 361 g/mol. The molecule has 0 unspecified atom stereocenters. The predicted octanol–water partition coefficient (Wildman–Crippen LogP) is 3.60. The number of nitrogens with zero attached hydrogens (tertiary/aromatic N) is 2. The minimum atomic E-state index is -0.107. The van der Waals surface area contributed by atoms with Crippen molar-refractivity contribution in [3.05, 3.63) is 60.2 Å². The van der Waals surface area contributed by atoms with Gasteiger partial charge in [0.15, 0.2) is 0 Å². The quantitative estimate of drug-likeness (QED) is 0.904. The molecule has 2 amide bonds. The van der Waals surface area contributed by atoms with Crippen LogP contribution in [0.2, 0.25) is 0 Å². The molecule has 0 spiro atoms. The lowest BCUT2D eigenvalue weighted by molar-refractivity contribution is -0.123. The molecule has 2 aliphatic rings. The Labute approximate surface area is 159 Å². The van der Waals surface area contributed by atoms with Gasteiger partial charge in [0.2, 0.25) is 11.8 Å². The van der Waals surface area contributed by atoms with E-state index < -0.39 is 0 Å². The number of anilines is 1. The van der Waals surface area contributed by atoms with Crippen molar-refractivity contribution in [2.24, 2.45) is 4.99 Å². The smallest absolute Gasteiger partial charge is 0.240 e. The van der Waals surface area contributed by atoms with E-state index in [4.69, 9.17) is 4.99 Å². The summed E-state index contributed by atoms with van der Waals surface area (Å²) in [5.41, 5.74) is 3.07. The van der Waals surface area contributed by atoms with Crippen LogP contribution in [0.25, 0.3) is 0 Å². The van der Waals surface area contributed by atoms with Gasteiger partial charge in [-0.3, -0.25) is 14.6 Å². The first-order valence-electron chi connectivity index (χ1n) is 9.52. The average Bonchev–Trinajstić information content (AvgIpc) is 3.15. The number of nitrogens with one attached hydrogen (secondary N) is 1. The van der Waals surface area contributed by atoms with Gasteiger partial charge < -0.3 is 10.2 Å². The Hall–Kier alpha value is -2.95. The highest BCUT2D eigenvalue weighted by atomic mass is 16.2. The van der Waals surface area contributed by atoms with Gasteiger partial charge in [0.25, 0.3) is 0 Å². The largest absolute Gasteiger partial charge is 0.352 e. The second-order valence-corrected chi connectivity index (χ2v) is 7.12. The third-order valence-electron chi connectivity index (χ3n) is 5.18. The molecular formula is C22H23N3O2. The van der Waals surface area contributed by atoms with Crippen molar-refractivity contribution in [2.45, 2.75) is 38.1 Å². The van der Waals surface area contributed by atoms with E-state index in [1.54, 1.807) is 4.90 Å². The number of fused-ring (bicyclic) bond motifs is 1. The number of rotatable bonds is 4. The maximum Gasteiger partial charge on any atom is 0.240 e. The van der Waals surface area contributed by atoms with E-state index >= 15 is 0 Å². The summed E-state index contributed by atoms with van der Waals surface area (Å²) in [5, 5.41) is 3.07. The number of benzene rings is 2. The normalized spacial score (nSPS) is 17.3. The highest BCUT2D eigenvalue weighted by molar-refractivity contribution is 6.18. The lowest BCUT2D eigenvalue weighted by Crippen LogP contribution is -2.43. The van der Waals surface area contributed by atoms with Crippen molar-refractivity contribution in [1.29, 1.82) is 0 Å². The van der Waals surface area contributed by atoms with Crippen LogP contribution in [0.5, 0.6) is 0 Å². The minimum Gasteiger partial charge on any atom is -0.352 e. The second kappa shape index (κ2) is 7.74. The van der Waals surface area contributed by atoms with Crippen molar-refractivity contribution in [3.8, 4) is 0 Å². The van der Waals surface area contributed by atoms with E-state index in [9.17, 15) is 9.59 Å². The molecule has 2 aromatic rings.